The van der Waals surface area contributed by atoms with Gasteiger partial charge in [-0.05, 0) is 78.8 Å². The summed E-state index contributed by atoms with van der Waals surface area (Å²) < 4.78 is 13.9. The van der Waals surface area contributed by atoms with E-state index >= 15 is 0 Å². The predicted molar refractivity (Wildman–Crippen MR) is 225 cm³/mol. The summed E-state index contributed by atoms with van der Waals surface area (Å²) >= 11 is 0. The third-order valence-electron chi connectivity index (χ3n) is 9.11. The minimum absolute atomic E-state index is 0.104. The van der Waals surface area contributed by atoms with E-state index in [2.05, 4.69) is 20.9 Å². The van der Waals surface area contributed by atoms with Gasteiger partial charge in [-0.2, -0.15) is 0 Å². The standard InChI is InChI=1S/C43H54FN9O7/c1-26(2)22-34(40(58)50-33(10-7-21-45)37(55)25-38(46)56)51-41(59)35(23-29-13-18-32(19-14-29)49-43(47)48)52-42(60)36(24-30-11-16-31(44)17-12-30)53(27(3)54)39(57)20-15-28-8-5-4-6-9-28/h4-6,8-9,11-20,26,33-36H,7,10,21-25,45H2,1-3H3,(H2,46,56)(H,50,58)(H,51,59)(H,52,60)(H4,47,48,49)/b20-15+/t33-,34-,35-,36-/m0/s1. The second-order valence-corrected chi connectivity index (χ2v) is 14.6. The smallest absolute Gasteiger partial charge is 0.253 e. The summed E-state index contributed by atoms with van der Waals surface area (Å²) in [6.45, 7) is 4.95. The molecule has 0 spiro atoms. The normalized spacial score (nSPS) is 13.0. The number of hydrogen-bond acceptors (Lipinski definition) is 9. The van der Waals surface area contributed by atoms with E-state index in [9.17, 15) is 38.0 Å². The molecule has 16 nitrogen and oxygen atoms in total. The van der Waals surface area contributed by atoms with E-state index in [1.165, 1.54) is 30.3 Å². The summed E-state index contributed by atoms with van der Waals surface area (Å²) in [6, 6.07) is 15.1. The van der Waals surface area contributed by atoms with Crippen molar-refractivity contribution in [1.82, 2.24) is 20.9 Å². The monoisotopic (exact) mass is 827 g/mol. The molecule has 17 heteroatoms. The van der Waals surface area contributed by atoms with Crippen molar-refractivity contribution in [2.24, 2.45) is 33.8 Å². The Kier molecular flexibility index (Phi) is 18.7. The lowest BCUT2D eigenvalue weighted by molar-refractivity contribution is -0.148. The number of ketones is 1. The van der Waals surface area contributed by atoms with Crippen molar-refractivity contribution in [3.63, 3.8) is 0 Å². The van der Waals surface area contributed by atoms with E-state index < -0.39 is 77.6 Å². The van der Waals surface area contributed by atoms with Crippen LogP contribution < -0.4 is 38.9 Å². The summed E-state index contributed by atoms with van der Waals surface area (Å²) in [5, 5.41) is 8.04. The zero-order valence-corrected chi connectivity index (χ0v) is 33.9. The molecule has 0 aliphatic carbocycles. The second-order valence-electron chi connectivity index (χ2n) is 14.6. The number of benzene rings is 3. The highest BCUT2D eigenvalue weighted by atomic mass is 19.1. The summed E-state index contributed by atoms with van der Waals surface area (Å²) in [5.74, 6) is -6.43. The molecule has 0 bridgehead atoms. The average molecular weight is 828 g/mol. The van der Waals surface area contributed by atoms with Crippen molar-refractivity contribution < 1.29 is 38.0 Å². The molecule has 0 aliphatic rings. The number of carbonyl (C=O) groups is 7. The molecule has 3 rings (SSSR count). The van der Waals surface area contributed by atoms with Gasteiger partial charge in [0.1, 0.15) is 23.9 Å². The maximum Gasteiger partial charge on any atom is 0.253 e. The number of guanidine groups is 1. The topological polar surface area (TPSA) is 275 Å². The molecular weight excluding hydrogens is 774 g/mol. The highest BCUT2D eigenvalue weighted by molar-refractivity contribution is 6.06. The fourth-order valence-electron chi connectivity index (χ4n) is 6.23. The number of aliphatic imine (C=N–C) groups is 1. The molecule has 0 aromatic heterocycles. The van der Waals surface area contributed by atoms with E-state index in [1.807, 2.05) is 13.8 Å². The molecule has 60 heavy (non-hydrogen) atoms. The lowest BCUT2D eigenvalue weighted by atomic mass is 9.98. The lowest BCUT2D eigenvalue weighted by Crippen LogP contribution is -2.59. The molecule has 3 aromatic carbocycles. The molecule has 0 saturated carbocycles. The van der Waals surface area contributed by atoms with Crippen LogP contribution >= 0.6 is 0 Å². The zero-order valence-electron chi connectivity index (χ0n) is 33.9. The van der Waals surface area contributed by atoms with Gasteiger partial charge < -0.3 is 38.9 Å². The molecule has 0 aliphatic heterocycles. The van der Waals surface area contributed by atoms with Gasteiger partial charge in [0.05, 0.1) is 18.2 Å². The number of amides is 6. The Morgan fingerprint density at radius 3 is 1.88 bits per heavy atom. The first-order valence-electron chi connectivity index (χ1n) is 19.4. The zero-order chi connectivity index (χ0) is 44.4. The quantitative estimate of drug-likeness (QED) is 0.0333. The minimum atomic E-state index is -1.53. The van der Waals surface area contributed by atoms with E-state index in [4.69, 9.17) is 22.9 Å². The fourth-order valence-corrected chi connectivity index (χ4v) is 6.23. The highest BCUT2D eigenvalue weighted by Crippen LogP contribution is 2.17. The molecule has 4 atom stereocenters. The van der Waals surface area contributed by atoms with Crippen LogP contribution in [0.3, 0.4) is 0 Å². The molecule has 11 N–H and O–H groups in total. The Balaban J connectivity index is 2.05. The van der Waals surface area contributed by atoms with E-state index in [1.54, 1.807) is 54.6 Å². The molecular formula is C43H54FN9O7. The van der Waals surface area contributed by atoms with Crippen molar-refractivity contribution in [3.05, 3.63) is 107 Å². The van der Waals surface area contributed by atoms with E-state index in [-0.39, 0.29) is 44.1 Å². The number of nitrogens with two attached hydrogens (primary N) is 4. The van der Waals surface area contributed by atoms with Gasteiger partial charge in [0.25, 0.3) is 5.91 Å². The van der Waals surface area contributed by atoms with Crippen LogP contribution in [-0.2, 0) is 46.4 Å². The number of imide groups is 1. The van der Waals surface area contributed by atoms with Crippen LogP contribution in [0.4, 0.5) is 10.1 Å². The summed E-state index contributed by atoms with van der Waals surface area (Å²) in [6.07, 6.45) is 2.17. The molecule has 6 amide bonds. The van der Waals surface area contributed by atoms with Crippen LogP contribution in [-0.4, -0.2) is 82.8 Å². The van der Waals surface area contributed by atoms with E-state index in [0.717, 1.165) is 17.9 Å². The number of nitrogens with one attached hydrogen (secondary N) is 3. The van der Waals surface area contributed by atoms with Crippen LogP contribution in [0, 0.1) is 11.7 Å². The molecule has 0 radical (unpaired) electrons. The number of carbonyl (C=O) groups excluding carboxylic acids is 7. The maximum absolute atomic E-state index is 14.5. The van der Waals surface area contributed by atoms with Gasteiger partial charge in [0.15, 0.2) is 11.7 Å². The van der Waals surface area contributed by atoms with Gasteiger partial charge in [0.2, 0.25) is 29.5 Å². The van der Waals surface area contributed by atoms with Crippen LogP contribution in [0.1, 0.15) is 63.1 Å². The first kappa shape index (κ1) is 47.6. The van der Waals surface area contributed by atoms with Crippen molar-refractivity contribution in [3.8, 4) is 0 Å². The van der Waals surface area contributed by atoms with Crippen molar-refractivity contribution in [2.45, 2.75) is 83.5 Å². The number of rotatable bonds is 22. The second kappa shape index (κ2) is 23.6. The number of hydrogen-bond donors (Lipinski definition) is 7. The number of primary amides is 1. The Bertz CT molecular complexity index is 2020. The first-order valence-corrected chi connectivity index (χ1v) is 19.4. The number of Topliss-reactive ketones (excluding diaryl/α,β-unsaturated/α-hetero) is 1. The van der Waals surface area contributed by atoms with Crippen molar-refractivity contribution in [2.75, 3.05) is 6.54 Å². The lowest BCUT2D eigenvalue weighted by Gasteiger charge is -2.30. The molecule has 0 heterocycles. The SMILES string of the molecule is CC(=O)N(C(=O)/C=C/c1ccccc1)[C@@H](Cc1ccc(F)cc1)C(=O)N[C@@H](Cc1ccc(N=C(N)N)cc1)C(=O)N[C@@H](CC(C)C)C(=O)N[C@@H](CCCN)C(=O)CC(N)=O. The van der Waals surface area contributed by atoms with Gasteiger partial charge >= 0.3 is 0 Å². The molecule has 3 aromatic rings. The largest absolute Gasteiger partial charge is 0.370 e. The van der Waals surface area contributed by atoms with Crippen LogP contribution in [0.5, 0.6) is 0 Å². The first-order chi connectivity index (χ1) is 28.5. The predicted octanol–water partition coefficient (Wildman–Crippen LogP) is 1.66. The summed E-state index contributed by atoms with van der Waals surface area (Å²) in [4.78, 5) is 98.7. The Hall–Kier alpha value is -6.75. The third-order valence-corrected chi connectivity index (χ3v) is 9.11. The van der Waals surface area contributed by atoms with Gasteiger partial charge in [-0.25, -0.2) is 9.38 Å². The van der Waals surface area contributed by atoms with Crippen LogP contribution in [0.2, 0.25) is 0 Å². The fraction of sp³-hybridized carbons (Fsp3) is 0.349. The summed E-state index contributed by atoms with van der Waals surface area (Å²) in [7, 11) is 0. The average Bonchev–Trinajstić information content (AvgIpc) is 3.18. The Morgan fingerprint density at radius 1 is 0.750 bits per heavy atom. The minimum Gasteiger partial charge on any atom is -0.370 e. The highest BCUT2D eigenvalue weighted by Gasteiger charge is 2.36. The molecule has 0 saturated heterocycles. The van der Waals surface area contributed by atoms with Crippen molar-refractivity contribution >= 4 is 58.9 Å². The van der Waals surface area contributed by atoms with E-state index in [0.29, 0.717) is 28.8 Å². The third kappa shape index (κ3) is 15.9. The van der Waals surface area contributed by atoms with Gasteiger partial charge in [-0.1, -0.05) is 68.4 Å². The van der Waals surface area contributed by atoms with Gasteiger partial charge in [-0.3, -0.25) is 38.5 Å². The molecule has 320 valence electrons. The molecule has 0 fully saturated rings. The van der Waals surface area contributed by atoms with Crippen molar-refractivity contribution in [1.29, 1.82) is 0 Å². The number of nitrogens with zero attached hydrogens (tertiary/aromatic N) is 2. The van der Waals surface area contributed by atoms with Gasteiger partial charge in [0, 0.05) is 25.8 Å². The van der Waals surface area contributed by atoms with Crippen LogP contribution in [0.15, 0.2) is 89.9 Å². The Labute approximate surface area is 348 Å². The Morgan fingerprint density at radius 2 is 1.32 bits per heavy atom. The maximum atomic E-state index is 14.5. The number of halogens is 1. The summed E-state index contributed by atoms with van der Waals surface area (Å²) in [5.41, 5.74) is 23.9. The molecule has 0 unspecified atom stereocenters. The van der Waals surface area contributed by atoms with Crippen LogP contribution in [0.25, 0.3) is 6.08 Å². The van der Waals surface area contributed by atoms with Gasteiger partial charge in [-0.15, -0.1) is 0 Å².